The Labute approximate surface area is 124 Å². The van der Waals surface area contributed by atoms with Crippen LogP contribution in [0.5, 0.6) is 0 Å². The molecule has 0 saturated heterocycles. The molecule has 0 bridgehead atoms. The van der Waals surface area contributed by atoms with E-state index in [2.05, 4.69) is 60.3 Å². The normalized spacial score (nSPS) is 9.92. The van der Waals surface area contributed by atoms with E-state index in [0.29, 0.717) is 15.2 Å². The molecule has 0 fully saturated rings. The molecule has 0 aromatic carbocycles. The molecular formula is C5H8CuN2S4Zn. The fourth-order valence-corrected chi connectivity index (χ4v) is 1.06. The van der Waals surface area contributed by atoms with Crippen LogP contribution in [0.25, 0.3) is 0 Å². The fourth-order valence-electron chi connectivity index (χ4n) is 0.489. The molecule has 0 aliphatic carbocycles. The second-order valence-corrected chi connectivity index (χ2v) is 4.15. The van der Waals surface area contributed by atoms with Gasteiger partial charge in [0, 0.05) is 29.7 Å². The van der Waals surface area contributed by atoms with Crippen molar-refractivity contribution in [3.8, 4) is 0 Å². The van der Waals surface area contributed by atoms with Gasteiger partial charge in [0.2, 0.25) is 0 Å². The molecule has 0 aromatic rings. The summed E-state index contributed by atoms with van der Waals surface area (Å²) in [5.74, 6) is 0. The van der Waals surface area contributed by atoms with E-state index in [1.807, 2.05) is 6.92 Å². The predicted molar refractivity (Wildman–Crippen MR) is 60.5 cm³/mol. The Morgan fingerprint density at radius 1 is 1.31 bits per heavy atom. The van der Waals surface area contributed by atoms with E-state index in [0.717, 1.165) is 0 Å². The molecule has 1 atom stereocenters. The predicted octanol–water partition coefficient (Wildman–Crippen LogP) is 0.213. The van der Waals surface area contributed by atoms with Crippen molar-refractivity contribution in [3.05, 3.63) is 0 Å². The van der Waals surface area contributed by atoms with Crippen molar-refractivity contribution in [3.63, 3.8) is 0 Å². The molecular weight excluding hydrogens is 345 g/mol. The monoisotopic (exact) mass is 351 g/mol. The molecule has 0 aromatic heterocycles. The van der Waals surface area contributed by atoms with Gasteiger partial charge in [-0.1, -0.05) is 8.64 Å². The standard InChI is InChI=1S/C5H10N2S4.Cu.Zn/c1-3(7-5(10)11)2-6-4(8)9;;/h3H,2H2,1H3,(H2,6,8,9)(H2,7,10,11);;/q;;+2/p-2. The van der Waals surface area contributed by atoms with Gasteiger partial charge in [-0.05, 0) is 6.92 Å². The van der Waals surface area contributed by atoms with Gasteiger partial charge in [-0.25, -0.2) is 0 Å². The largest absolute Gasteiger partial charge is 2.00 e. The Morgan fingerprint density at radius 3 is 2.08 bits per heavy atom. The van der Waals surface area contributed by atoms with Gasteiger partial charge < -0.3 is 60.3 Å². The van der Waals surface area contributed by atoms with Crippen molar-refractivity contribution < 1.29 is 36.5 Å². The number of hydrogen-bond donors (Lipinski definition) is 2. The first kappa shape index (κ1) is 19.9. The third kappa shape index (κ3) is 16.1. The van der Waals surface area contributed by atoms with Gasteiger partial charge in [0.25, 0.3) is 0 Å². The summed E-state index contributed by atoms with van der Waals surface area (Å²) in [6.45, 7) is 2.60. The molecule has 0 aliphatic rings. The summed E-state index contributed by atoms with van der Waals surface area (Å²) in [6, 6.07) is 0.167. The molecule has 1 radical (unpaired) electrons. The van der Waals surface area contributed by atoms with Crippen molar-refractivity contribution in [2.24, 2.45) is 0 Å². The smallest absolute Gasteiger partial charge is 0.412 e. The molecule has 1 unspecified atom stereocenters. The molecule has 0 rings (SSSR count). The Balaban J connectivity index is -0.000000500. The quantitative estimate of drug-likeness (QED) is 0.428. The van der Waals surface area contributed by atoms with Crippen LogP contribution in [0.1, 0.15) is 6.92 Å². The van der Waals surface area contributed by atoms with Crippen molar-refractivity contribution in [1.82, 2.24) is 10.6 Å². The van der Waals surface area contributed by atoms with Gasteiger partial charge in [0.15, 0.2) is 0 Å². The molecule has 13 heavy (non-hydrogen) atoms. The Hall–Kier alpha value is 1.36. The minimum atomic E-state index is 0. The van der Waals surface area contributed by atoms with E-state index in [9.17, 15) is 0 Å². The summed E-state index contributed by atoms with van der Waals surface area (Å²) >= 11 is 18.6. The van der Waals surface area contributed by atoms with Crippen molar-refractivity contribution in [2.45, 2.75) is 13.0 Å². The SMILES string of the molecule is CC(CNC(=S)[S-])NC(=S)[S-].[Cu].[Zn+2]. The van der Waals surface area contributed by atoms with Crippen molar-refractivity contribution in [1.29, 1.82) is 0 Å². The van der Waals surface area contributed by atoms with Gasteiger partial charge in [-0.3, -0.25) is 0 Å². The number of nitrogens with one attached hydrogen (secondary N) is 2. The van der Waals surface area contributed by atoms with Crippen LogP contribution in [-0.2, 0) is 61.8 Å². The Bertz CT molecular complexity index is 169. The second-order valence-electron chi connectivity index (χ2n) is 2.00. The first-order chi connectivity index (χ1) is 5.02. The summed E-state index contributed by atoms with van der Waals surface area (Å²) in [4.78, 5) is 0. The average molecular weight is 353 g/mol. The van der Waals surface area contributed by atoms with Crippen LogP contribution < -0.4 is 10.6 Å². The maximum absolute atomic E-state index is 4.67. The third-order valence-corrected chi connectivity index (χ3v) is 1.44. The van der Waals surface area contributed by atoms with E-state index in [1.54, 1.807) is 0 Å². The van der Waals surface area contributed by atoms with Gasteiger partial charge in [0.1, 0.15) is 0 Å². The van der Waals surface area contributed by atoms with E-state index in [-0.39, 0.29) is 42.6 Å². The topological polar surface area (TPSA) is 24.1 Å². The molecule has 0 spiro atoms. The van der Waals surface area contributed by atoms with E-state index < -0.39 is 0 Å². The Morgan fingerprint density at radius 2 is 1.77 bits per heavy atom. The molecule has 0 saturated carbocycles. The maximum atomic E-state index is 4.67. The zero-order chi connectivity index (χ0) is 8.85. The van der Waals surface area contributed by atoms with E-state index >= 15 is 0 Å². The van der Waals surface area contributed by atoms with Crippen molar-refractivity contribution >= 4 is 58.3 Å². The summed E-state index contributed by atoms with van der Waals surface area (Å²) < 4.78 is 0.739. The van der Waals surface area contributed by atoms with Gasteiger partial charge >= 0.3 is 19.5 Å². The molecule has 0 aliphatic heterocycles. The molecule has 2 nitrogen and oxygen atoms in total. The van der Waals surface area contributed by atoms with Gasteiger partial charge in [-0.2, -0.15) is 0 Å². The second kappa shape index (κ2) is 11.4. The summed E-state index contributed by atoms with van der Waals surface area (Å²) in [7, 11) is 0. The molecule has 75 valence electrons. The summed E-state index contributed by atoms with van der Waals surface area (Å²) in [6.07, 6.45) is 0. The molecule has 0 amide bonds. The van der Waals surface area contributed by atoms with Crippen LogP contribution in [0.3, 0.4) is 0 Å². The van der Waals surface area contributed by atoms with Crippen LogP contribution in [0, 0.1) is 0 Å². The van der Waals surface area contributed by atoms with Crippen LogP contribution >= 0.6 is 24.4 Å². The Kier molecular flexibility index (Phi) is 17.5. The molecule has 0 heterocycles. The first-order valence-corrected chi connectivity index (χ1v) is 4.58. The van der Waals surface area contributed by atoms with Gasteiger partial charge in [0.05, 0.1) is 0 Å². The van der Waals surface area contributed by atoms with Crippen LogP contribution in [0.15, 0.2) is 0 Å². The van der Waals surface area contributed by atoms with E-state index in [1.165, 1.54) is 0 Å². The number of thiocarbonyl (C=S) groups is 2. The minimum Gasteiger partial charge on any atom is -0.412 e. The number of hydrogen-bond acceptors (Lipinski definition) is 4. The van der Waals surface area contributed by atoms with E-state index in [4.69, 9.17) is 0 Å². The van der Waals surface area contributed by atoms with Crippen molar-refractivity contribution in [2.75, 3.05) is 6.54 Å². The summed E-state index contributed by atoms with van der Waals surface area (Å²) in [5, 5.41) is 5.70. The fraction of sp³-hybridized carbons (Fsp3) is 0.600. The van der Waals surface area contributed by atoms with Gasteiger partial charge in [-0.15, -0.1) is 0 Å². The number of rotatable bonds is 3. The third-order valence-electron chi connectivity index (χ3n) is 0.917. The molecule has 2 N–H and O–H groups in total. The summed E-state index contributed by atoms with van der Waals surface area (Å²) in [5.41, 5.74) is 0. The average Bonchev–Trinajstić information content (AvgIpc) is 1.82. The maximum Gasteiger partial charge on any atom is 2.00 e. The zero-order valence-corrected chi connectivity index (χ0v) is 14.1. The van der Waals surface area contributed by atoms with Crippen LogP contribution in [0.4, 0.5) is 0 Å². The van der Waals surface area contributed by atoms with Crippen LogP contribution in [-0.4, -0.2) is 21.2 Å². The molecule has 8 heteroatoms. The minimum absolute atomic E-state index is 0. The first-order valence-electron chi connectivity index (χ1n) is 2.94. The van der Waals surface area contributed by atoms with Crippen LogP contribution in [0.2, 0.25) is 0 Å². The zero-order valence-electron chi connectivity index (χ0n) is 6.93.